The molecule has 3 heterocycles. The van der Waals surface area contributed by atoms with Crippen molar-refractivity contribution in [2.75, 3.05) is 25.5 Å². The van der Waals surface area contributed by atoms with Gasteiger partial charge in [0.25, 0.3) is 5.91 Å². The highest BCUT2D eigenvalue weighted by atomic mass is 16.2. The number of nitrogens with zero attached hydrogens (tertiary/aromatic N) is 4. The van der Waals surface area contributed by atoms with Crippen LogP contribution in [0.15, 0.2) is 60.8 Å². The fourth-order valence-electron chi connectivity index (χ4n) is 5.29. The number of likely N-dealkylation sites (tertiary alicyclic amines) is 1. The second-order valence-electron chi connectivity index (χ2n) is 10.0. The molecule has 1 N–H and O–H groups in total. The number of amides is 4. The monoisotopic (exact) mass is 499 g/mol. The number of rotatable bonds is 4. The summed E-state index contributed by atoms with van der Waals surface area (Å²) in [5, 5.41) is 2.97. The van der Waals surface area contributed by atoms with Gasteiger partial charge in [-0.2, -0.15) is 0 Å². The first-order valence-electron chi connectivity index (χ1n) is 12.7. The van der Waals surface area contributed by atoms with Crippen molar-refractivity contribution in [3.8, 4) is 0 Å². The minimum absolute atomic E-state index is 0.0472. The van der Waals surface area contributed by atoms with Crippen molar-refractivity contribution in [3.05, 3.63) is 88.7 Å². The number of fused-ring (bicyclic) bond motifs is 2. The Hall–Kier alpha value is -4.07. The Labute approximate surface area is 217 Å². The van der Waals surface area contributed by atoms with Crippen molar-refractivity contribution >= 4 is 23.5 Å². The van der Waals surface area contributed by atoms with Crippen molar-refractivity contribution in [1.82, 2.24) is 19.7 Å². The van der Waals surface area contributed by atoms with E-state index in [1.165, 1.54) is 4.90 Å². The third-order valence-corrected chi connectivity index (χ3v) is 7.37. The topological polar surface area (TPSA) is 77.9 Å². The molecule has 2 aliphatic heterocycles. The average molecular weight is 500 g/mol. The summed E-state index contributed by atoms with van der Waals surface area (Å²) < 4.78 is 2.18. The molecule has 3 aromatic rings. The quantitative estimate of drug-likeness (QED) is 0.594. The minimum atomic E-state index is -0.409. The van der Waals surface area contributed by atoms with E-state index >= 15 is 0 Å². The molecule has 8 heteroatoms. The fourth-order valence-corrected chi connectivity index (χ4v) is 5.29. The van der Waals surface area contributed by atoms with Crippen LogP contribution in [0.4, 0.5) is 10.5 Å². The maximum Gasteiger partial charge on any atom is 0.318 e. The Kier molecular flexibility index (Phi) is 6.74. The SMILES string of the molecule is Cc1cc(C(=O)N2Cc3cccn3Cc3ccccc32)ccc1CNC(=O)N1CCC[C@H]1C(=O)N(C)C. The van der Waals surface area contributed by atoms with Gasteiger partial charge in [0, 0.05) is 56.9 Å². The van der Waals surface area contributed by atoms with Crippen LogP contribution in [-0.2, 0) is 24.4 Å². The zero-order valence-corrected chi connectivity index (χ0v) is 21.6. The number of hydrogen-bond donors (Lipinski definition) is 1. The van der Waals surface area contributed by atoms with Gasteiger partial charge >= 0.3 is 6.03 Å². The van der Waals surface area contributed by atoms with E-state index in [-0.39, 0.29) is 17.8 Å². The first kappa shape index (κ1) is 24.6. The molecule has 1 saturated heterocycles. The lowest BCUT2D eigenvalue weighted by atomic mass is 10.0. The smallest absolute Gasteiger partial charge is 0.318 e. The lowest BCUT2D eigenvalue weighted by molar-refractivity contribution is -0.132. The maximum atomic E-state index is 13.7. The molecule has 1 fully saturated rings. The van der Waals surface area contributed by atoms with Crippen LogP contribution in [0.25, 0.3) is 0 Å². The Balaban J connectivity index is 1.30. The highest BCUT2D eigenvalue weighted by Crippen LogP contribution is 2.29. The zero-order chi connectivity index (χ0) is 26.1. The molecular weight excluding hydrogens is 466 g/mol. The van der Waals surface area contributed by atoms with Gasteiger partial charge in [-0.15, -0.1) is 0 Å². The predicted octanol–water partition coefficient (Wildman–Crippen LogP) is 3.77. The van der Waals surface area contributed by atoms with Crippen molar-refractivity contribution in [3.63, 3.8) is 0 Å². The van der Waals surface area contributed by atoms with Crippen LogP contribution in [0.5, 0.6) is 0 Å². The molecule has 0 aliphatic carbocycles. The van der Waals surface area contributed by atoms with E-state index in [1.807, 2.05) is 60.5 Å². The first-order chi connectivity index (χ1) is 17.8. The summed E-state index contributed by atoms with van der Waals surface area (Å²) in [4.78, 5) is 44.0. The summed E-state index contributed by atoms with van der Waals surface area (Å²) in [6, 6.07) is 17.1. The Morgan fingerprint density at radius 2 is 1.84 bits per heavy atom. The first-order valence-corrected chi connectivity index (χ1v) is 12.7. The van der Waals surface area contributed by atoms with Crippen LogP contribution in [0.2, 0.25) is 0 Å². The van der Waals surface area contributed by atoms with Crippen LogP contribution in [0.3, 0.4) is 0 Å². The highest BCUT2D eigenvalue weighted by Gasteiger charge is 2.35. The molecule has 1 aromatic heterocycles. The highest BCUT2D eigenvalue weighted by molar-refractivity contribution is 6.06. The van der Waals surface area contributed by atoms with Gasteiger partial charge in [0.15, 0.2) is 0 Å². The standard InChI is InChI=1S/C29H33N5O3/c1-20-16-21(12-13-22(20)17-30-29(37)33-15-7-11-26(33)28(36)31(2)3)27(35)34-19-24-9-6-14-32(24)18-23-8-4-5-10-25(23)34/h4-6,8-10,12-14,16,26H,7,11,15,17-19H2,1-3H3,(H,30,37)/t26-/m0/s1. The molecule has 2 aliphatic rings. The molecule has 0 saturated carbocycles. The van der Waals surface area contributed by atoms with Crippen molar-refractivity contribution in [2.45, 2.75) is 45.4 Å². The molecule has 0 bridgehead atoms. The molecule has 8 nitrogen and oxygen atoms in total. The zero-order valence-electron chi connectivity index (χ0n) is 21.6. The fraction of sp³-hybridized carbons (Fsp3) is 0.345. The second kappa shape index (κ2) is 10.1. The van der Waals surface area contributed by atoms with Gasteiger partial charge in [-0.05, 0) is 66.8 Å². The van der Waals surface area contributed by atoms with Crippen LogP contribution in [0, 0.1) is 6.92 Å². The van der Waals surface area contributed by atoms with E-state index in [2.05, 4.69) is 22.0 Å². The normalized spacial score (nSPS) is 16.6. The number of nitrogens with one attached hydrogen (secondary N) is 1. The molecule has 0 spiro atoms. The average Bonchev–Trinajstić information content (AvgIpc) is 3.53. The number of benzene rings is 2. The molecule has 37 heavy (non-hydrogen) atoms. The number of para-hydroxylation sites is 1. The van der Waals surface area contributed by atoms with Crippen LogP contribution >= 0.6 is 0 Å². The lowest BCUT2D eigenvalue weighted by Gasteiger charge is -2.26. The number of carbonyl (C=O) groups excluding carboxylic acids is 3. The number of aryl methyl sites for hydroxylation is 1. The number of likely N-dealkylation sites (N-methyl/N-ethyl adjacent to an activating group) is 1. The summed E-state index contributed by atoms with van der Waals surface area (Å²) in [6.45, 7) is 4.09. The number of hydrogen-bond acceptors (Lipinski definition) is 3. The third kappa shape index (κ3) is 4.83. The van der Waals surface area contributed by atoms with Gasteiger partial charge in [-0.1, -0.05) is 24.3 Å². The van der Waals surface area contributed by atoms with Crippen molar-refractivity contribution < 1.29 is 14.4 Å². The minimum Gasteiger partial charge on any atom is -0.347 e. The number of urea groups is 1. The number of aromatic nitrogens is 1. The lowest BCUT2D eigenvalue weighted by Crippen LogP contribution is -2.49. The van der Waals surface area contributed by atoms with E-state index in [4.69, 9.17) is 0 Å². The number of carbonyl (C=O) groups is 3. The third-order valence-electron chi connectivity index (χ3n) is 7.37. The molecule has 2 aromatic carbocycles. The van der Waals surface area contributed by atoms with Crippen molar-refractivity contribution in [2.24, 2.45) is 0 Å². The van der Waals surface area contributed by atoms with Crippen molar-refractivity contribution in [1.29, 1.82) is 0 Å². The van der Waals surface area contributed by atoms with Gasteiger partial charge < -0.3 is 24.6 Å². The predicted molar refractivity (Wildman–Crippen MR) is 142 cm³/mol. The van der Waals surface area contributed by atoms with Gasteiger partial charge in [0.1, 0.15) is 6.04 Å². The van der Waals surface area contributed by atoms with E-state index in [9.17, 15) is 14.4 Å². The molecule has 0 radical (unpaired) electrons. The number of anilines is 1. The summed E-state index contributed by atoms with van der Waals surface area (Å²) in [5.41, 5.74) is 5.60. The largest absolute Gasteiger partial charge is 0.347 e. The molecule has 192 valence electrons. The summed E-state index contributed by atoms with van der Waals surface area (Å²) in [7, 11) is 3.43. The molecule has 5 rings (SSSR count). The van der Waals surface area contributed by atoms with Gasteiger partial charge in [-0.3, -0.25) is 9.59 Å². The Morgan fingerprint density at radius 3 is 2.62 bits per heavy atom. The van der Waals surface area contributed by atoms with E-state index in [1.54, 1.807) is 19.0 Å². The molecule has 4 amide bonds. The van der Waals surface area contributed by atoms with Crippen LogP contribution in [-0.4, -0.2) is 58.9 Å². The Morgan fingerprint density at radius 1 is 1.03 bits per heavy atom. The molecular formula is C29H33N5O3. The van der Waals surface area contributed by atoms with Gasteiger partial charge in [0.05, 0.1) is 6.54 Å². The van der Waals surface area contributed by atoms with Gasteiger partial charge in [-0.25, -0.2) is 4.79 Å². The maximum absolute atomic E-state index is 13.7. The van der Waals surface area contributed by atoms with E-state index in [0.29, 0.717) is 31.6 Å². The van der Waals surface area contributed by atoms with E-state index < -0.39 is 6.04 Å². The summed E-state index contributed by atoms with van der Waals surface area (Å²) in [5.74, 6) is -0.100. The Bertz CT molecular complexity index is 1340. The summed E-state index contributed by atoms with van der Waals surface area (Å²) in [6.07, 6.45) is 3.55. The summed E-state index contributed by atoms with van der Waals surface area (Å²) >= 11 is 0. The van der Waals surface area contributed by atoms with Crippen LogP contribution in [0.1, 0.15) is 45.6 Å². The van der Waals surface area contributed by atoms with Crippen LogP contribution < -0.4 is 10.2 Å². The molecule has 1 atom stereocenters. The molecule has 0 unspecified atom stereocenters. The second-order valence-corrected chi connectivity index (χ2v) is 10.0. The van der Waals surface area contributed by atoms with E-state index in [0.717, 1.165) is 41.0 Å². The van der Waals surface area contributed by atoms with Gasteiger partial charge in [0.2, 0.25) is 5.91 Å².